The number of amides is 1. The van der Waals surface area contributed by atoms with E-state index in [-0.39, 0.29) is 11.7 Å². The number of hydrogen-bond donors (Lipinski definition) is 1. The van der Waals surface area contributed by atoms with Crippen LogP contribution in [0.25, 0.3) is 5.57 Å². The predicted octanol–water partition coefficient (Wildman–Crippen LogP) is 4.24. The van der Waals surface area contributed by atoms with E-state index in [0.29, 0.717) is 11.3 Å². The molecule has 0 spiro atoms. The third-order valence-electron chi connectivity index (χ3n) is 3.48. The van der Waals surface area contributed by atoms with E-state index >= 15 is 0 Å². The predicted molar refractivity (Wildman–Crippen MR) is 89.9 cm³/mol. The molecule has 1 N–H and O–H groups in total. The van der Waals surface area contributed by atoms with Gasteiger partial charge in [0.1, 0.15) is 0 Å². The van der Waals surface area contributed by atoms with Crippen molar-refractivity contribution >= 4 is 23.0 Å². The van der Waals surface area contributed by atoms with Gasteiger partial charge in [0.2, 0.25) is 5.91 Å². The number of carbonyl (C=O) groups is 2. The van der Waals surface area contributed by atoms with Gasteiger partial charge in [0.05, 0.1) is 0 Å². The number of nitrogens with one attached hydrogen (secondary N) is 1. The van der Waals surface area contributed by atoms with Gasteiger partial charge >= 0.3 is 0 Å². The standard InChI is InChI=1S/C19H19NO2/c1-13-9-10-17(15(3)21)12-18(13)20-19(22)11-14(2)16-7-5-4-6-8-16/h4-12H,1-3H3,(H,20,22)/b14-11+. The normalized spacial score (nSPS) is 11.1. The van der Waals surface area contributed by atoms with Crippen LogP contribution in [0, 0.1) is 6.92 Å². The molecule has 0 saturated heterocycles. The minimum Gasteiger partial charge on any atom is -0.322 e. The molecule has 0 aromatic heterocycles. The van der Waals surface area contributed by atoms with Crippen molar-refractivity contribution in [2.75, 3.05) is 5.32 Å². The molecular weight excluding hydrogens is 274 g/mol. The fraction of sp³-hybridized carbons (Fsp3) is 0.158. The van der Waals surface area contributed by atoms with Crippen molar-refractivity contribution in [3.63, 3.8) is 0 Å². The van der Waals surface area contributed by atoms with E-state index in [1.54, 1.807) is 18.2 Å². The zero-order valence-electron chi connectivity index (χ0n) is 13.0. The molecule has 0 fully saturated rings. The van der Waals surface area contributed by atoms with Gasteiger partial charge < -0.3 is 5.32 Å². The first-order valence-corrected chi connectivity index (χ1v) is 7.13. The van der Waals surface area contributed by atoms with E-state index in [1.807, 2.05) is 50.2 Å². The number of allylic oxidation sites excluding steroid dienone is 1. The summed E-state index contributed by atoms with van der Waals surface area (Å²) >= 11 is 0. The summed E-state index contributed by atoms with van der Waals surface area (Å²) in [6, 6.07) is 15.0. The molecule has 0 aliphatic heterocycles. The van der Waals surface area contributed by atoms with Crippen molar-refractivity contribution in [3.05, 3.63) is 71.3 Å². The maximum Gasteiger partial charge on any atom is 0.248 e. The highest BCUT2D eigenvalue weighted by molar-refractivity contribution is 6.05. The van der Waals surface area contributed by atoms with Gasteiger partial charge in [-0.2, -0.15) is 0 Å². The van der Waals surface area contributed by atoms with Gasteiger partial charge in [0.25, 0.3) is 0 Å². The number of rotatable bonds is 4. The van der Waals surface area contributed by atoms with Crippen LogP contribution >= 0.6 is 0 Å². The van der Waals surface area contributed by atoms with Crippen LogP contribution in [-0.2, 0) is 4.79 Å². The maximum atomic E-state index is 12.2. The first kappa shape index (κ1) is 15.7. The Morgan fingerprint density at radius 1 is 0.955 bits per heavy atom. The van der Waals surface area contributed by atoms with Crippen molar-refractivity contribution in [3.8, 4) is 0 Å². The van der Waals surface area contributed by atoms with Crippen LogP contribution < -0.4 is 5.32 Å². The molecule has 2 aromatic carbocycles. The molecule has 0 aliphatic rings. The van der Waals surface area contributed by atoms with Crippen molar-refractivity contribution in [1.82, 2.24) is 0 Å². The lowest BCUT2D eigenvalue weighted by Gasteiger charge is -2.09. The third kappa shape index (κ3) is 3.92. The lowest BCUT2D eigenvalue weighted by Crippen LogP contribution is -2.10. The third-order valence-corrected chi connectivity index (χ3v) is 3.48. The molecule has 22 heavy (non-hydrogen) atoms. The Labute approximate surface area is 130 Å². The molecule has 3 nitrogen and oxygen atoms in total. The number of hydrogen-bond acceptors (Lipinski definition) is 2. The fourth-order valence-corrected chi connectivity index (χ4v) is 2.13. The van der Waals surface area contributed by atoms with Gasteiger partial charge in [-0.15, -0.1) is 0 Å². The van der Waals surface area contributed by atoms with Gasteiger partial charge in [0.15, 0.2) is 5.78 Å². The summed E-state index contributed by atoms with van der Waals surface area (Å²) < 4.78 is 0. The Bertz CT molecular complexity index is 730. The van der Waals surface area contributed by atoms with E-state index in [2.05, 4.69) is 5.32 Å². The summed E-state index contributed by atoms with van der Waals surface area (Å²) in [7, 11) is 0. The minimum atomic E-state index is -0.204. The van der Waals surface area contributed by atoms with E-state index in [4.69, 9.17) is 0 Å². The molecule has 0 saturated carbocycles. The highest BCUT2D eigenvalue weighted by Crippen LogP contribution is 2.18. The number of ketones is 1. The summed E-state index contributed by atoms with van der Waals surface area (Å²) in [5.74, 6) is -0.225. The van der Waals surface area contributed by atoms with Gasteiger partial charge in [-0.3, -0.25) is 9.59 Å². The van der Waals surface area contributed by atoms with Gasteiger partial charge in [-0.05, 0) is 43.5 Å². The monoisotopic (exact) mass is 293 g/mol. The molecular formula is C19H19NO2. The largest absolute Gasteiger partial charge is 0.322 e. The second-order valence-electron chi connectivity index (χ2n) is 5.27. The number of carbonyl (C=O) groups excluding carboxylic acids is 2. The van der Waals surface area contributed by atoms with E-state index in [9.17, 15) is 9.59 Å². The molecule has 0 unspecified atom stereocenters. The number of aryl methyl sites for hydroxylation is 1. The molecule has 1 amide bonds. The first-order chi connectivity index (χ1) is 10.5. The Hall–Kier alpha value is -2.68. The van der Waals surface area contributed by atoms with Gasteiger partial charge in [0, 0.05) is 17.3 Å². The van der Waals surface area contributed by atoms with Crippen LogP contribution in [0.5, 0.6) is 0 Å². The van der Waals surface area contributed by atoms with Crippen LogP contribution in [0.15, 0.2) is 54.6 Å². The van der Waals surface area contributed by atoms with Crippen molar-refractivity contribution in [2.24, 2.45) is 0 Å². The molecule has 3 heteroatoms. The second-order valence-corrected chi connectivity index (χ2v) is 5.27. The molecule has 112 valence electrons. The van der Waals surface area contributed by atoms with E-state index in [1.165, 1.54) is 6.92 Å². The van der Waals surface area contributed by atoms with Crippen LogP contribution in [0.3, 0.4) is 0 Å². The zero-order chi connectivity index (χ0) is 16.1. The highest BCUT2D eigenvalue weighted by atomic mass is 16.1. The second kappa shape index (κ2) is 6.85. The molecule has 2 aromatic rings. The zero-order valence-corrected chi connectivity index (χ0v) is 13.0. The maximum absolute atomic E-state index is 12.2. The SMILES string of the molecule is CC(=O)c1ccc(C)c(NC(=O)/C=C(\C)c2ccccc2)c1. The molecule has 2 rings (SSSR count). The summed E-state index contributed by atoms with van der Waals surface area (Å²) in [6.07, 6.45) is 1.56. The Kier molecular flexibility index (Phi) is 4.89. The summed E-state index contributed by atoms with van der Waals surface area (Å²) in [6.45, 7) is 5.30. The molecule has 0 bridgehead atoms. The van der Waals surface area contributed by atoms with Crippen molar-refractivity contribution < 1.29 is 9.59 Å². The molecule has 0 radical (unpaired) electrons. The highest BCUT2D eigenvalue weighted by Gasteiger charge is 2.07. The first-order valence-electron chi connectivity index (χ1n) is 7.13. The molecule has 0 heterocycles. The molecule has 0 aliphatic carbocycles. The summed E-state index contributed by atoms with van der Waals surface area (Å²) in [5.41, 5.74) is 4.06. The molecule has 0 atom stereocenters. The van der Waals surface area contributed by atoms with E-state index in [0.717, 1.165) is 16.7 Å². The number of benzene rings is 2. The smallest absolute Gasteiger partial charge is 0.248 e. The fourth-order valence-electron chi connectivity index (χ4n) is 2.13. The Balaban J connectivity index is 2.19. The topological polar surface area (TPSA) is 46.2 Å². The van der Waals surface area contributed by atoms with Gasteiger partial charge in [-0.1, -0.05) is 42.5 Å². The Morgan fingerprint density at radius 3 is 2.27 bits per heavy atom. The van der Waals surface area contributed by atoms with E-state index < -0.39 is 0 Å². The Morgan fingerprint density at radius 2 is 1.64 bits per heavy atom. The summed E-state index contributed by atoms with van der Waals surface area (Å²) in [5, 5.41) is 2.84. The average Bonchev–Trinajstić information content (AvgIpc) is 2.50. The van der Waals surface area contributed by atoms with Crippen LogP contribution in [-0.4, -0.2) is 11.7 Å². The lowest BCUT2D eigenvalue weighted by molar-refractivity contribution is -0.111. The number of Topliss-reactive ketones (excluding diaryl/α,β-unsaturated/α-hetero) is 1. The van der Waals surface area contributed by atoms with Crippen molar-refractivity contribution in [1.29, 1.82) is 0 Å². The minimum absolute atomic E-state index is 0.0218. The average molecular weight is 293 g/mol. The number of anilines is 1. The van der Waals surface area contributed by atoms with Gasteiger partial charge in [-0.25, -0.2) is 0 Å². The van der Waals surface area contributed by atoms with Crippen LogP contribution in [0.4, 0.5) is 5.69 Å². The summed E-state index contributed by atoms with van der Waals surface area (Å²) in [4.78, 5) is 23.6. The van der Waals surface area contributed by atoms with Crippen LogP contribution in [0.1, 0.15) is 35.3 Å². The van der Waals surface area contributed by atoms with Crippen molar-refractivity contribution in [2.45, 2.75) is 20.8 Å². The van der Waals surface area contributed by atoms with Crippen LogP contribution in [0.2, 0.25) is 0 Å². The lowest BCUT2D eigenvalue weighted by atomic mass is 10.1. The quantitative estimate of drug-likeness (QED) is 0.677.